The molecule has 1 saturated heterocycles. The third-order valence-corrected chi connectivity index (χ3v) is 1.32. The second kappa shape index (κ2) is 1.78. The second-order valence-electron chi connectivity index (χ2n) is 1.79. The predicted molar refractivity (Wildman–Crippen MR) is 24.0 cm³/mol. The quantitative estimate of drug-likeness (QED) is 0.467. The molecule has 1 aliphatic heterocycles. The molecule has 1 fully saturated rings. The summed E-state index contributed by atoms with van der Waals surface area (Å²) < 4.78 is 0. The minimum atomic E-state index is 0.0278. The maximum absolute atomic E-state index is 8.58. The molecule has 1 unspecified atom stereocenters. The molecule has 7 heavy (non-hydrogen) atoms. The van der Waals surface area contributed by atoms with Gasteiger partial charge in [0.2, 0.25) is 0 Å². The summed E-state index contributed by atoms with van der Waals surface area (Å²) in [4.78, 5) is 0. The van der Waals surface area contributed by atoms with Gasteiger partial charge in [-0.3, -0.25) is 0 Å². The van der Waals surface area contributed by atoms with Crippen LogP contribution in [0.1, 0.15) is 6.42 Å². The first-order chi connectivity index (χ1) is 3.34. The molecule has 0 radical (unpaired) electrons. The summed E-state index contributed by atoms with van der Waals surface area (Å²) >= 11 is 0. The van der Waals surface area contributed by atoms with Crippen LogP contribution in [0.25, 0.3) is 0 Å². The lowest BCUT2D eigenvalue weighted by Gasteiger charge is -2.33. The van der Waals surface area contributed by atoms with Gasteiger partial charge in [-0.25, -0.2) is 0 Å². The number of hydroxylamine groups is 2. The van der Waals surface area contributed by atoms with E-state index >= 15 is 0 Å². The third kappa shape index (κ3) is 0.748. The van der Waals surface area contributed by atoms with Gasteiger partial charge in [0.05, 0.1) is 12.6 Å². The van der Waals surface area contributed by atoms with Crippen LogP contribution in [-0.4, -0.2) is 34.6 Å². The highest BCUT2D eigenvalue weighted by Crippen LogP contribution is 2.11. The van der Waals surface area contributed by atoms with Gasteiger partial charge < -0.3 is 10.3 Å². The van der Waals surface area contributed by atoms with Gasteiger partial charge in [0, 0.05) is 6.54 Å². The van der Waals surface area contributed by atoms with E-state index in [0.29, 0.717) is 6.54 Å². The predicted octanol–water partition coefficient (Wildman–Crippen LogP) is -0.558. The number of nitrogens with zero attached hydrogens (tertiary/aromatic N) is 1. The summed E-state index contributed by atoms with van der Waals surface area (Å²) in [6, 6.07) is 0.0278. The van der Waals surface area contributed by atoms with Crippen molar-refractivity contribution in [2.24, 2.45) is 0 Å². The van der Waals surface area contributed by atoms with Crippen LogP contribution in [-0.2, 0) is 0 Å². The molecule has 0 saturated carbocycles. The van der Waals surface area contributed by atoms with E-state index in [0.717, 1.165) is 11.5 Å². The Labute approximate surface area is 42.1 Å². The maximum Gasteiger partial charge on any atom is 0.0610 e. The first kappa shape index (κ1) is 5.03. The monoisotopic (exact) mass is 103 g/mol. The van der Waals surface area contributed by atoms with Gasteiger partial charge in [0.25, 0.3) is 0 Å². The SMILES string of the molecule is OCC1CCN1O. The Morgan fingerprint density at radius 1 is 1.71 bits per heavy atom. The number of aliphatic hydroxyl groups excluding tert-OH is 1. The molecule has 2 N–H and O–H groups in total. The number of hydrogen-bond acceptors (Lipinski definition) is 3. The van der Waals surface area contributed by atoms with Crippen LogP contribution in [0.15, 0.2) is 0 Å². The third-order valence-electron chi connectivity index (χ3n) is 1.32. The van der Waals surface area contributed by atoms with Crippen LogP contribution < -0.4 is 0 Å². The average Bonchev–Trinajstić information content (AvgIpc) is 1.65. The molecule has 0 aliphatic carbocycles. The summed E-state index contributed by atoms with van der Waals surface area (Å²) in [6.45, 7) is 0.793. The van der Waals surface area contributed by atoms with Crippen molar-refractivity contribution < 1.29 is 10.3 Å². The van der Waals surface area contributed by atoms with Crippen molar-refractivity contribution >= 4 is 0 Å². The molecule has 0 bridgehead atoms. The van der Waals surface area contributed by atoms with Gasteiger partial charge in [-0.2, -0.15) is 5.06 Å². The molecule has 3 nitrogen and oxygen atoms in total. The van der Waals surface area contributed by atoms with Crippen molar-refractivity contribution in [1.29, 1.82) is 0 Å². The maximum atomic E-state index is 8.58. The van der Waals surface area contributed by atoms with E-state index in [1.165, 1.54) is 0 Å². The Kier molecular flexibility index (Phi) is 1.27. The molecule has 3 heteroatoms. The molecular formula is C4H9NO2. The number of hydrogen-bond donors (Lipinski definition) is 2. The normalized spacial score (nSPS) is 32.6. The van der Waals surface area contributed by atoms with Crippen molar-refractivity contribution in [1.82, 2.24) is 5.06 Å². The lowest BCUT2D eigenvalue weighted by molar-refractivity contribution is -0.191. The Morgan fingerprint density at radius 2 is 2.43 bits per heavy atom. The van der Waals surface area contributed by atoms with E-state index in [4.69, 9.17) is 10.3 Å². The van der Waals surface area contributed by atoms with Crippen LogP contribution in [0.2, 0.25) is 0 Å². The molecule has 1 atom stereocenters. The smallest absolute Gasteiger partial charge is 0.0610 e. The zero-order valence-corrected chi connectivity index (χ0v) is 4.04. The fourth-order valence-corrected chi connectivity index (χ4v) is 0.613. The second-order valence-corrected chi connectivity index (χ2v) is 1.79. The van der Waals surface area contributed by atoms with Crippen LogP contribution in [0.4, 0.5) is 0 Å². The van der Waals surface area contributed by atoms with Crippen molar-refractivity contribution in [3.8, 4) is 0 Å². The van der Waals surface area contributed by atoms with Gasteiger partial charge in [-0.05, 0) is 6.42 Å². The van der Waals surface area contributed by atoms with Gasteiger partial charge in [0.15, 0.2) is 0 Å². The molecule has 1 aliphatic rings. The van der Waals surface area contributed by atoms with Gasteiger partial charge in [-0.1, -0.05) is 0 Å². The van der Waals surface area contributed by atoms with Gasteiger partial charge >= 0.3 is 0 Å². The lowest BCUT2D eigenvalue weighted by atomic mass is 10.1. The summed E-state index contributed by atoms with van der Waals surface area (Å²) in [5.74, 6) is 0. The molecule has 0 spiro atoms. The van der Waals surface area contributed by atoms with Crippen molar-refractivity contribution in [2.75, 3.05) is 13.2 Å². The first-order valence-electron chi connectivity index (χ1n) is 2.41. The fourth-order valence-electron chi connectivity index (χ4n) is 0.613. The van der Waals surface area contributed by atoms with Crippen molar-refractivity contribution in [3.63, 3.8) is 0 Å². The van der Waals surface area contributed by atoms with E-state index in [-0.39, 0.29) is 12.6 Å². The van der Waals surface area contributed by atoms with Crippen molar-refractivity contribution in [3.05, 3.63) is 0 Å². The van der Waals surface area contributed by atoms with Crippen LogP contribution >= 0.6 is 0 Å². The summed E-state index contributed by atoms with van der Waals surface area (Å²) in [5, 5.41) is 18.1. The zero-order chi connectivity index (χ0) is 5.28. The molecule has 1 rings (SSSR count). The Hall–Kier alpha value is -0.120. The highest BCUT2D eigenvalue weighted by atomic mass is 16.5. The summed E-state index contributed by atoms with van der Waals surface area (Å²) in [5.41, 5.74) is 0. The summed E-state index contributed by atoms with van der Waals surface area (Å²) in [7, 11) is 0. The first-order valence-corrected chi connectivity index (χ1v) is 2.41. The molecule has 1 heterocycles. The topological polar surface area (TPSA) is 43.7 Å². The summed E-state index contributed by atoms with van der Waals surface area (Å²) in [6.07, 6.45) is 0.924. The van der Waals surface area contributed by atoms with E-state index in [1.807, 2.05) is 0 Å². The van der Waals surface area contributed by atoms with Gasteiger partial charge in [-0.15, -0.1) is 0 Å². The highest BCUT2D eigenvalue weighted by molar-refractivity contribution is 4.74. The van der Waals surface area contributed by atoms with Crippen LogP contribution in [0, 0.1) is 0 Å². The molecule has 0 aromatic rings. The molecule has 0 amide bonds. The van der Waals surface area contributed by atoms with E-state index in [2.05, 4.69) is 0 Å². The highest BCUT2D eigenvalue weighted by Gasteiger charge is 2.24. The number of aliphatic hydroxyl groups is 1. The molecule has 42 valence electrons. The molecular weight excluding hydrogens is 94.0 g/mol. The van der Waals surface area contributed by atoms with Crippen molar-refractivity contribution in [2.45, 2.75) is 12.5 Å². The minimum absolute atomic E-state index is 0.0278. The fraction of sp³-hybridized carbons (Fsp3) is 1.00. The largest absolute Gasteiger partial charge is 0.395 e. The Bertz CT molecular complexity index is 64.7. The van der Waals surface area contributed by atoms with E-state index in [1.54, 1.807) is 0 Å². The van der Waals surface area contributed by atoms with E-state index < -0.39 is 0 Å². The molecule has 0 aromatic heterocycles. The average molecular weight is 103 g/mol. The Balaban J connectivity index is 2.16. The standard InChI is InChI=1S/C4H9NO2/c6-3-4-1-2-5(4)7/h4,6-7H,1-3H2. The van der Waals surface area contributed by atoms with Gasteiger partial charge in [0.1, 0.15) is 0 Å². The zero-order valence-electron chi connectivity index (χ0n) is 4.04. The van der Waals surface area contributed by atoms with E-state index in [9.17, 15) is 0 Å². The number of rotatable bonds is 1. The van der Waals surface area contributed by atoms with Crippen LogP contribution in [0.3, 0.4) is 0 Å². The van der Waals surface area contributed by atoms with Crippen LogP contribution in [0.5, 0.6) is 0 Å². The molecule has 0 aromatic carbocycles. The minimum Gasteiger partial charge on any atom is -0.395 e. The Morgan fingerprint density at radius 3 is 2.43 bits per heavy atom. The lowest BCUT2D eigenvalue weighted by Crippen LogP contribution is -2.47.